The van der Waals surface area contributed by atoms with E-state index < -0.39 is 22.9 Å². The summed E-state index contributed by atoms with van der Waals surface area (Å²) in [7, 11) is 1.87. The Labute approximate surface area is 195 Å². The van der Waals surface area contributed by atoms with E-state index in [0.29, 0.717) is 37.3 Å². The zero-order valence-corrected chi connectivity index (χ0v) is 19.8. The summed E-state index contributed by atoms with van der Waals surface area (Å²) in [5, 5.41) is 4.47. The molecule has 1 aliphatic carbocycles. The highest BCUT2D eigenvalue weighted by molar-refractivity contribution is 7.90. The van der Waals surface area contributed by atoms with Crippen molar-refractivity contribution in [1.82, 2.24) is 19.7 Å². The highest BCUT2D eigenvalue weighted by Crippen LogP contribution is 2.35. The van der Waals surface area contributed by atoms with Crippen LogP contribution in [-0.2, 0) is 35.6 Å². The maximum atomic E-state index is 12.9. The van der Waals surface area contributed by atoms with Gasteiger partial charge in [0.2, 0.25) is 0 Å². The zero-order valence-electron chi connectivity index (χ0n) is 19.0. The lowest BCUT2D eigenvalue weighted by Crippen LogP contribution is -2.56. The molecule has 1 aliphatic heterocycles. The predicted octanol–water partition coefficient (Wildman–Crippen LogP) is 3.55. The number of halogens is 3. The average Bonchev–Trinajstić information content (AvgIpc) is 3.21. The Balaban J connectivity index is 1.44. The lowest BCUT2D eigenvalue weighted by atomic mass is 9.83. The maximum absolute atomic E-state index is 12.9. The van der Waals surface area contributed by atoms with Crippen molar-refractivity contribution in [3.05, 3.63) is 47.5 Å². The van der Waals surface area contributed by atoms with Crippen molar-refractivity contribution in [2.75, 3.05) is 25.2 Å². The molecule has 0 spiro atoms. The minimum absolute atomic E-state index is 0.0813. The Hall–Kier alpha value is -1.62. The Bertz CT molecular complexity index is 898. The first-order chi connectivity index (χ1) is 15.7. The molecule has 1 aromatic carbocycles. The van der Waals surface area contributed by atoms with Crippen LogP contribution in [0.3, 0.4) is 0 Å². The third-order valence-electron chi connectivity index (χ3n) is 6.73. The first kappa shape index (κ1) is 24.5. The van der Waals surface area contributed by atoms with Gasteiger partial charge in [-0.3, -0.25) is 9.58 Å². The molecule has 6 nitrogen and oxygen atoms in total. The van der Waals surface area contributed by atoms with Crippen LogP contribution in [0, 0.1) is 0 Å². The van der Waals surface area contributed by atoms with Gasteiger partial charge in [-0.1, -0.05) is 23.3 Å². The van der Waals surface area contributed by atoms with E-state index in [4.69, 9.17) is 4.74 Å². The molecular formula is C23H31F3N4O2S. The van der Waals surface area contributed by atoms with E-state index >= 15 is 0 Å². The van der Waals surface area contributed by atoms with Crippen molar-refractivity contribution in [2.24, 2.45) is 7.05 Å². The molecule has 0 amide bonds. The van der Waals surface area contributed by atoms with E-state index in [0.717, 1.165) is 49.2 Å². The molecule has 182 valence electrons. The third-order valence-corrected chi connectivity index (χ3v) is 7.57. The smallest absolute Gasteiger partial charge is 0.416 e. The number of alkyl halides is 3. The summed E-state index contributed by atoms with van der Waals surface area (Å²) in [6.45, 7) is 1.19. The van der Waals surface area contributed by atoms with Gasteiger partial charge in [0.15, 0.2) is 5.82 Å². The summed E-state index contributed by atoms with van der Waals surface area (Å²) < 4.78 is 58.3. The summed E-state index contributed by atoms with van der Waals surface area (Å²) in [5.74, 6) is 1.76. The topological polar surface area (TPSA) is 66.2 Å². The van der Waals surface area contributed by atoms with Crippen LogP contribution in [0.2, 0.25) is 0 Å². The first-order valence-corrected chi connectivity index (χ1v) is 13.1. The van der Waals surface area contributed by atoms with Gasteiger partial charge < -0.3 is 9.29 Å². The van der Waals surface area contributed by atoms with E-state index in [-0.39, 0.29) is 12.1 Å². The minimum atomic E-state index is -4.33. The fourth-order valence-electron chi connectivity index (χ4n) is 5.08. The number of ether oxygens (including phenoxy) is 1. The van der Waals surface area contributed by atoms with Crippen molar-refractivity contribution in [3.8, 4) is 0 Å². The maximum Gasteiger partial charge on any atom is 0.416 e. The van der Waals surface area contributed by atoms with Crippen LogP contribution in [0.4, 0.5) is 13.2 Å². The van der Waals surface area contributed by atoms with Gasteiger partial charge in [0, 0.05) is 31.6 Å². The second kappa shape index (κ2) is 10.3. The second-order valence-electron chi connectivity index (χ2n) is 9.23. The summed E-state index contributed by atoms with van der Waals surface area (Å²) in [6.07, 6.45) is 3.65. The fraction of sp³-hybridized carbons (Fsp3) is 0.652. The van der Waals surface area contributed by atoms with Gasteiger partial charge in [0.25, 0.3) is 0 Å². The van der Waals surface area contributed by atoms with Crippen LogP contribution in [0.5, 0.6) is 0 Å². The molecule has 0 radical (unpaired) electrons. The molecule has 2 heterocycles. The SMILES string of the molecule is Cn1cnc(C2CCC(N3CC(C[S+](C)[O-])OCC3Cc3ccc(C(F)(F)F)cc3)CC2)n1. The fourth-order valence-corrected chi connectivity index (χ4v) is 5.80. The number of nitrogens with zero attached hydrogens (tertiary/aromatic N) is 4. The van der Waals surface area contributed by atoms with Crippen molar-refractivity contribution in [3.63, 3.8) is 0 Å². The molecule has 4 rings (SSSR count). The largest absolute Gasteiger partial charge is 0.616 e. The quantitative estimate of drug-likeness (QED) is 0.587. The van der Waals surface area contributed by atoms with Crippen LogP contribution in [-0.4, -0.2) is 67.6 Å². The lowest BCUT2D eigenvalue weighted by molar-refractivity contribution is -0.137. The molecule has 33 heavy (non-hydrogen) atoms. The summed E-state index contributed by atoms with van der Waals surface area (Å²) in [6, 6.07) is 5.88. The second-order valence-corrected chi connectivity index (χ2v) is 10.7. The molecule has 10 heteroatoms. The van der Waals surface area contributed by atoms with Crippen LogP contribution in [0.1, 0.15) is 48.6 Å². The lowest BCUT2D eigenvalue weighted by Gasteiger charge is -2.46. The zero-order chi connectivity index (χ0) is 23.6. The predicted molar refractivity (Wildman–Crippen MR) is 120 cm³/mol. The summed E-state index contributed by atoms with van der Waals surface area (Å²) in [4.78, 5) is 6.88. The number of aryl methyl sites for hydroxylation is 1. The molecule has 2 fully saturated rings. The van der Waals surface area contributed by atoms with Gasteiger partial charge in [-0.05, 0) is 49.8 Å². The van der Waals surface area contributed by atoms with E-state index in [9.17, 15) is 17.7 Å². The molecule has 1 aromatic heterocycles. The number of morpholine rings is 1. The molecule has 1 saturated heterocycles. The Morgan fingerprint density at radius 3 is 2.42 bits per heavy atom. The Morgan fingerprint density at radius 2 is 1.85 bits per heavy atom. The van der Waals surface area contributed by atoms with Gasteiger partial charge in [-0.15, -0.1) is 0 Å². The highest BCUT2D eigenvalue weighted by Gasteiger charge is 2.37. The number of rotatable bonds is 6. The van der Waals surface area contributed by atoms with Crippen molar-refractivity contribution < 1.29 is 22.5 Å². The Morgan fingerprint density at radius 1 is 1.15 bits per heavy atom. The van der Waals surface area contributed by atoms with E-state index in [1.165, 1.54) is 0 Å². The first-order valence-electron chi connectivity index (χ1n) is 11.4. The molecule has 0 N–H and O–H groups in total. The van der Waals surface area contributed by atoms with Crippen molar-refractivity contribution in [2.45, 2.75) is 62.4 Å². The van der Waals surface area contributed by atoms with Gasteiger partial charge in [0.05, 0.1) is 18.4 Å². The highest BCUT2D eigenvalue weighted by atomic mass is 32.2. The molecule has 1 saturated carbocycles. The number of benzene rings is 1. The van der Waals surface area contributed by atoms with Crippen LogP contribution in [0.15, 0.2) is 30.6 Å². The monoisotopic (exact) mass is 484 g/mol. The van der Waals surface area contributed by atoms with Gasteiger partial charge in [-0.2, -0.15) is 18.3 Å². The van der Waals surface area contributed by atoms with Crippen molar-refractivity contribution in [1.29, 1.82) is 0 Å². The Kier molecular flexibility index (Phi) is 7.67. The molecule has 2 aromatic rings. The van der Waals surface area contributed by atoms with Gasteiger partial charge in [0.1, 0.15) is 18.2 Å². The van der Waals surface area contributed by atoms with Crippen LogP contribution < -0.4 is 0 Å². The molecule has 3 atom stereocenters. The standard InChI is InChI=1S/C23H31F3N4O2S/c1-29-15-27-22(28-29)17-5-9-19(10-6-17)30-12-21(14-33(2)31)32-13-20(30)11-16-3-7-18(8-4-16)23(24,25)26/h3-4,7-8,15,17,19-21H,5-6,9-14H2,1-2H3. The van der Waals surface area contributed by atoms with E-state index in [2.05, 4.69) is 15.0 Å². The molecule has 2 aliphatic rings. The van der Waals surface area contributed by atoms with Gasteiger partial charge >= 0.3 is 6.18 Å². The van der Waals surface area contributed by atoms with E-state index in [1.54, 1.807) is 29.4 Å². The van der Waals surface area contributed by atoms with Crippen LogP contribution in [0.25, 0.3) is 0 Å². The average molecular weight is 485 g/mol. The summed E-state index contributed by atoms with van der Waals surface area (Å²) >= 11 is -0.949. The van der Waals surface area contributed by atoms with Crippen molar-refractivity contribution >= 4 is 11.2 Å². The summed E-state index contributed by atoms with van der Waals surface area (Å²) in [5.41, 5.74) is 0.237. The van der Waals surface area contributed by atoms with Gasteiger partial charge in [-0.25, -0.2) is 4.98 Å². The number of hydrogen-bond donors (Lipinski definition) is 0. The van der Waals surface area contributed by atoms with Crippen LogP contribution >= 0.6 is 0 Å². The molecule has 3 unspecified atom stereocenters. The third kappa shape index (κ3) is 6.29. The van der Waals surface area contributed by atoms with E-state index in [1.807, 2.05) is 7.05 Å². The minimum Gasteiger partial charge on any atom is -0.616 e. The number of aromatic nitrogens is 3. The molecule has 0 bridgehead atoms. The molecular weight excluding hydrogens is 453 g/mol. The normalized spacial score (nSPS) is 28.1. The number of hydrogen-bond acceptors (Lipinski definition) is 5.